The molecular formula is C51H29N3O3. The minimum Gasteiger partial charge on any atom is -0.456 e. The van der Waals surface area contributed by atoms with E-state index in [9.17, 15) is 0 Å². The van der Waals surface area contributed by atoms with Crippen LogP contribution >= 0.6 is 0 Å². The van der Waals surface area contributed by atoms with E-state index in [1.165, 1.54) is 0 Å². The molecule has 6 heteroatoms. The molecule has 12 aromatic rings. The predicted octanol–water partition coefficient (Wildman–Crippen LogP) is 13.9. The van der Waals surface area contributed by atoms with E-state index in [0.717, 1.165) is 105 Å². The summed E-state index contributed by atoms with van der Waals surface area (Å²) in [6, 6.07) is 59.9. The molecule has 8 aromatic carbocycles. The Morgan fingerprint density at radius 1 is 0.263 bits per heavy atom. The maximum Gasteiger partial charge on any atom is 0.164 e. The zero-order valence-corrected chi connectivity index (χ0v) is 30.3. The van der Waals surface area contributed by atoms with Gasteiger partial charge in [-0.3, -0.25) is 0 Å². The number of fused-ring (bicyclic) bond motifs is 9. The number of aromatic nitrogens is 3. The average Bonchev–Trinajstić information content (AvgIpc) is 3.97. The van der Waals surface area contributed by atoms with Crippen LogP contribution in [0.1, 0.15) is 0 Å². The molecule has 0 saturated carbocycles. The Labute approximate surface area is 325 Å². The molecule has 4 aromatic heterocycles. The molecule has 266 valence electrons. The zero-order valence-electron chi connectivity index (χ0n) is 30.3. The lowest BCUT2D eigenvalue weighted by atomic mass is 9.98. The van der Waals surface area contributed by atoms with E-state index in [1.54, 1.807) is 0 Å². The third kappa shape index (κ3) is 5.08. The first-order valence-corrected chi connectivity index (χ1v) is 18.9. The molecule has 0 N–H and O–H groups in total. The van der Waals surface area contributed by atoms with Crippen LogP contribution in [0.4, 0.5) is 0 Å². The van der Waals surface area contributed by atoms with E-state index in [1.807, 2.05) is 78.9 Å². The van der Waals surface area contributed by atoms with Gasteiger partial charge in [0.15, 0.2) is 17.5 Å². The molecule has 4 heterocycles. The van der Waals surface area contributed by atoms with Crippen molar-refractivity contribution in [3.63, 3.8) is 0 Å². The molecule has 0 unspecified atom stereocenters. The van der Waals surface area contributed by atoms with Crippen molar-refractivity contribution in [1.82, 2.24) is 15.0 Å². The molecule has 6 nitrogen and oxygen atoms in total. The Morgan fingerprint density at radius 3 is 1.39 bits per heavy atom. The Balaban J connectivity index is 1.04. The largest absolute Gasteiger partial charge is 0.456 e. The molecule has 0 spiro atoms. The molecular weight excluding hydrogens is 703 g/mol. The highest BCUT2D eigenvalue weighted by molar-refractivity contribution is 6.14. The quantitative estimate of drug-likeness (QED) is 0.175. The van der Waals surface area contributed by atoms with E-state index in [2.05, 4.69) is 97.1 Å². The van der Waals surface area contributed by atoms with E-state index in [-0.39, 0.29) is 0 Å². The number of benzene rings is 8. The molecule has 57 heavy (non-hydrogen) atoms. The van der Waals surface area contributed by atoms with Crippen LogP contribution in [-0.2, 0) is 0 Å². The highest BCUT2D eigenvalue weighted by Crippen LogP contribution is 2.40. The SMILES string of the molecule is c1ccc(-c2cccc3oc4cc(-c5nc(-c6cccc(-c7cccc8oc9ccccc9c78)c6)nc(-c6ccc7c(c6)oc6ccccc67)n5)ccc4c23)cc1. The average molecular weight is 732 g/mol. The fraction of sp³-hybridized carbons (Fsp3) is 0. The monoisotopic (exact) mass is 731 g/mol. The third-order valence-electron chi connectivity index (χ3n) is 10.9. The Morgan fingerprint density at radius 2 is 0.684 bits per heavy atom. The van der Waals surface area contributed by atoms with Gasteiger partial charge in [0.1, 0.15) is 33.5 Å². The number of rotatable bonds is 5. The number of para-hydroxylation sites is 2. The molecule has 12 rings (SSSR count). The Bertz CT molecular complexity index is 3540. The van der Waals surface area contributed by atoms with Gasteiger partial charge in [0.2, 0.25) is 0 Å². The van der Waals surface area contributed by atoms with Gasteiger partial charge in [-0.2, -0.15) is 0 Å². The zero-order chi connectivity index (χ0) is 37.5. The van der Waals surface area contributed by atoms with Crippen molar-refractivity contribution in [3.05, 3.63) is 176 Å². The normalized spacial score (nSPS) is 11.9. The van der Waals surface area contributed by atoms with Gasteiger partial charge < -0.3 is 13.3 Å². The fourth-order valence-corrected chi connectivity index (χ4v) is 8.29. The first-order valence-electron chi connectivity index (χ1n) is 18.9. The molecule has 0 aliphatic carbocycles. The van der Waals surface area contributed by atoms with Gasteiger partial charge in [-0.25, -0.2) is 15.0 Å². The summed E-state index contributed by atoms with van der Waals surface area (Å²) in [5, 5.41) is 6.39. The highest BCUT2D eigenvalue weighted by atomic mass is 16.3. The van der Waals surface area contributed by atoms with Crippen molar-refractivity contribution in [3.8, 4) is 56.4 Å². The third-order valence-corrected chi connectivity index (χ3v) is 10.9. The smallest absolute Gasteiger partial charge is 0.164 e. The first kappa shape index (κ1) is 31.5. The van der Waals surface area contributed by atoms with E-state index in [4.69, 9.17) is 28.2 Å². The first-order chi connectivity index (χ1) is 28.2. The van der Waals surface area contributed by atoms with Crippen molar-refractivity contribution >= 4 is 65.8 Å². The lowest BCUT2D eigenvalue weighted by Crippen LogP contribution is -2.00. The van der Waals surface area contributed by atoms with Crippen LogP contribution in [0.25, 0.3) is 122 Å². The maximum absolute atomic E-state index is 6.52. The highest BCUT2D eigenvalue weighted by Gasteiger charge is 2.19. The molecule has 0 bridgehead atoms. The topological polar surface area (TPSA) is 78.1 Å². The summed E-state index contributed by atoms with van der Waals surface area (Å²) in [4.78, 5) is 15.4. The molecule has 0 amide bonds. The minimum atomic E-state index is 0.540. The number of nitrogens with zero attached hydrogens (tertiary/aromatic N) is 3. The van der Waals surface area contributed by atoms with Gasteiger partial charge in [0, 0.05) is 49.0 Å². The summed E-state index contributed by atoms with van der Waals surface area (Å²) in [5.74, 6) is 1.64. The van der Waals surface area contributed by atoms with Crippen LogP contribution < -0.4 is 0 Å². The van der Waals surface area contributed by atoms with E-state index < -0.39 is 0 Å². The Kier molecular flexibility index (Phi) is 6.83. The van der Waals surface area contributed by atoms with Crippen LogP contribution in [0.15, 0.2) is 189 Å². The number of furan rings is 3. The van der Waals surface area contributed by atoms with Crippen molar-refractivity contribution in [1.29, 1.82) is 0 Å². The fourth-order valence-electron chi connectivity index (χ4n) is 8.29. The van der Waals surface area contributed by atoms with E-state index in [0.29, 0.717) is 17.5 Å². The van der Waals surface area contributed by atoms with Crippen LogP contribution in [0.5, 0.6) is 0 Å². The van der Waals surface area contributed by atoms with Crippen molar-refractivity contribution < 1.29 is 13.3 Å². The van der Waals surface area contributed by atoms with Crippen molar-refractivity contribution in [2.75, 3.05) is 0 Å². The lowest BCUT2D eigenvalue weighted by Gasteiger charge is -2.10. The molecule has 0 radical (unpaired) electrons. The van der Waals surface area contributed by atoms with Gasteiger partial charge in [0.25, 0.3) is 0 Å². The summed E-state index contributed by atoms with van der Waals surface area (Å²) in [6.45, 7) is 0. The summed E-state index contributed by atoms with van der Waals surface area (Å²) in [5.41, 5.74) is 11.8. The lowest BCUT2D eigenvalue weighted by molar-refractivity contribution is 0.668. The van der Waals surface area contributed by atoms with Gasteiger partial charge in [-0.05, 0) is 76.9 Å². The summed E-state index contributed by atoms with van der Waals surface area (Å²) in [6.07, 6.45) is 0. The summed E-state index contributed by atoms with van der Waals surface area (Å²) in [7, 11) is 0. The second kappa shape index (κ2) is 12.3. The molecule has 0 saturated heterocycles. The van der Waals surface area contributed by atoms with Crippen LogP contribution in [0, 0.1) is 0 Å². The van der Waals surface area contributed by atoms with Gasteiger partial charge in [0.05, 0.1) is 0 Å². The summed E-state index contributed by atoms with van der Waals surface area (Å²) < 4.78 is 19.1. The van der Waals surface area contributed by atoms with Gasteiger partial charge >= 0.3 is 0 Å². The predicted molar refractivity (Wildman–Crippen MR) is 229 cm³/mol. The molecule has 0 fully saturated rings. The minimum absolute atomic E-state index is 0.540. The van der Waals surface area contributed by atoms with Crippen molar-refractivity contribution in [2.45, 2.75) is 0 Å². The molecule has 0 aliphatic rings. The second-order valence-electron chi connectivity index (χ2n) is 14.3. The summed E-state index contributed by atoms with van der Waals surface area (Å²) >= 11 is 0. The second-order valence-corrected chi connectivity index (χ2v) is 14.3. The maximum atomic E-state index is 6.52. The Hall–Kier alpha value is -7.83. The van der Waals surface area contributed by atoms with Crippen LogP contribution in [-0.4, -0.2) is 15.0 Å². The van der Waals surface area contributed by atoms with Crippen LogP contribution in [0.3, 0.4) is 0 Å². The van der Waals surface area contributed by atoms with Gasteiger partial charge in [-0.15, -0.1) is 0 Å². The standard InChI is InChI=1S/C51H29N3O3/c1-2-11-30(12-3-1)35-17-9-22-44-47(35)40-26-24-34(29-46(40)57-44)51-53-49(52-50(54-51)33-23-25-38-37-15-4-6-19-41(37)56-45(38)28-33)32-14-8-13-31(27-32)36-18-10-21-43-48(36)39-16-5-7-20-42(39)55-43/h1-29H. The van der Waals surface area contributed by atoms with Gasteiger partial charge in [-0.1, -0.05) is 121 Å². The van der Waals surface area contributed by atoms with E-state index >= 15 is 0 Å². The van der Waals surface area contributed by atoms with Crippen LogP contribution in [0.2, 0.25) is 0 Å². The number of hydrogen-bond donors (Lipinski definition) is 0. The van der Waals surface area contributed by atoms with Crippen molar-refractivity contribution in [2.24, 2.45) is 0 Å². The molecule has 0 atom stereocenters. The number of hydrogen-bond acceptors (Lipinski definition) is 6. The molecule has 0 aliphatic heterocycles.